The summed E-state index contributed by atoms with van der Waals surface area (Å²) in [6.45, 7) is 0. The molecule has 0 N–H and O–H groups in total. The summed E-state index contributed by atoms with van der Waals surface area (Å²) in [5, 5.41) is 10.4. The van der Waals surface area contributed by atoms with Crippen LogP contribution >= 0.6 is 0 Å². The van der Waals surface area contributed by atoms with E-state index in [1.165, 1.54) is 72.8 Å². The zero-order valence-corrected chi connectivity index (χ0v) is 75.2. The number of halogens is 8. The fourth-order valence-corrected chi connectivity index (χ4v) is 20.5. The molecule has 0 aliphatic heterocycles. The fourth-order valence-electron chi connectivity index (χ4n) is 20.5. The van der Waals surface area contributed by atoms with Crippen molar-refractivity contribution < 1.29 is 35.1 Å². The maximum Gasteiger partial charge on any atom is 0.133 e. The van der Waals surface area contributed by atoms with E-state index < -0.39 is 23.3 Å². The van der Waals surface area contributed by atoms with E-state index in [0.29, 0.717) is 21.9 Å². The second kappa shape index (κ2) is 36.8. The van der Waals surface area contributed by atoms with Crippen LogP contribution < -0.4 is 0 Å². The summed E-state index contributed by atoms with van der Waals surface area (Å²) in [5.74, 6) is -4.09. The molecule has 0 amide bonds. The number of hydrogen-bond donors (Lipinski definition) is 0. The topological polar surface area (TPSA) is 0 Å². The van der Waals surface area contributed by atoms with Crippen molar-refractivity contribution >= 4 is 64.6 Å². The van der Waals surface area contributed by atoms with E-state index in [9.17, 15) is 17.6 Å². The molecule has 24 rings (SSSR count). The summed E-state index contributed by atoms with van der Waals surface area (Å²) in [4.78, 5) is 0. The first-order valence-corrected chi connectivity index (χ1v) is 46.5. The lowest BCUT2D eigenvalue weighted by molar-refractivity contribution is 0.585. The highest BCUT2D eigenvalue weighted by molar-refractivity contribution is 6.36. The van der Waals surface area contributed by atoms with Gasteiger partial charge in [0.25, 0.3) is 0 Å². The Hall–Kier alpha value is -17.7. The molecular formula is C132H80F8. The number of benzene rings is 24. The smallest absolute Gasteiger partial charge is 0.133 e. The summed E-state index contributed by atoms with van der Waals surface area (Å²) < 4.78 is 122. The Labute approximate surface area is 804 Å². The van der Waals surface area contributed by atoms with Crippen molar-refractivity contribution in [1.82, 2.24) is 0 Å². The van der Waals surface area contributed by atoms with Crippen LogP contribution in [0.4, 0.5) is 35.1 Å². The Morgan fingerprint density at radius 3 is 0.479 bits per heavy atom. The van der Waals surface area contributed by atoms with E-state index in [1.807, 2.05) is 133 Å². The fraction of sp³-hybridized carbons (Fsp3) is 0. The summed E-state index contributed by atoms with van der Waals surface area (Å²) in [6.07, 6.45) is 0. The number of rotatable bonds is 16. The standard InChI is InChI=1S/2C66H40F4/c67-51-31-35-55(59(69)39-51)63-58-38-50(44-19-11-4-12-20-44)30-34-54(58)62(48-27-23-46(24-28-48)42-15-7-2-8-16-42)66-64(56-36-32-52(68)40-60(56)70)57-37-49(43-17-9-3-10-18-43)29-33-53(57)61(65(63)66)47-25-21-45(22-26-47)41-13-5-1-6-14-41;67-53-29-19-43(20-30-53)41-11-15-49(16-12-41)61-58-38-28-52(46-25-35-56(70)36-26-46)40-60(58)64(48-9-5-2-6-10-48)66-62(50-17-13-42(14-18-50)44-21-31-54(68)32-22-44)57-37-27-51(45-23-33-55(69)34-24-45)39-59(57)63(65(61)66)47-7-3-1-4-8-47/h2*1-40H. The molecule has 0 saturated heterocycles. The second-order valence-electron chi connectivity index (χ2n) is 35.3. The van der Waals surface area contributed by atoms with Crippen LogP contribution in [0.2, 0.25) is 0 Å². The minimum atomic E-state index is -0.743. The van der Waals surface area contributed by atoms with Crippen molar-refractivity contribution in [3.63, 3.8) is 0 Å². The molecule has 24 aromatic carbocycles. The van der Waals surface area contributed by atoms with Crippen molar-refractivity contribution in [2.24, 2.45) is 0 Å². The van der Waals surface area contributed by atoms with Gasteiger partial charge >= 0.3 is 0 Å². The zero-order valence-electron chi connectivity index (χ0n) is 75.2. The van der Waals surface area contributed by atoms with Gasteiger partial charge in [0.1, 0.15) is 46.5 Å². The molecule has 140 heavy (non-hydrogen) atoms. The van der Waals surface area contributed by atoms with Gasteiger partial charge in [0.05, 0.1) is 0 Å². The molecule has 24 aromatic rings. The zero-order chi connectivity index (χ0) is 94.6. The van der Waals surface area contributed by atoms with Gasteiger partial charge in [-0.15, -0.1) is 0 Å². The third-order valence-electron chi connectivity index (χ3n) is 27.1. The van der Waals surface area contributed by atoms with Crippen LogP contribution in [0.3, 0.4) is 0 Å². The molecule has 0 bridgehead atoms. The Balaban J connectivity index is 0.000000156. The van der Waals surface area contributed by atoms with Crippen LogP contribution in [0.5, 0.6) is 0 Å². The molecule has 0 nitrogen and oxygen atoms in total. The van der Waals surface area contributed by atoms with Crippen molar-refractivity contribution in [1.29, 1.82) is 0 Å². The van der Waals surface area contributed by atoms with Crippen LogP contribution in [0, 0.1) is 46.5 Å². The van der Waals surface area contributed by atoms with Crippen LogP contribution in [0.1, 0.15) is 0 Å². The van der Waals surface area contributed by atoms with E-state index >= 15 is 17.6 Å². The Morgan fingerprint density at radius 1 is 0.100 bits per heavy atom. The summed E-state index contributed by atoms with van der Waals surface area (Å²) in [6, 6.07) is 154. The SMILES string of the molecule is Fc1ccc(-c2c3cc(-c4ccccc4)ccc3c(-c3ccc(-c4ccccc4)cc3)c3c(-c4ccc(F)cc4F)c4cc(-c5ccccc5)ccc4c(-c4ccc(-c5ccccc5)cc4)c23)c(F)c1.Fc1ccc(-c2ccc(-c3c4ccc(-c5ccc(F)cc5)cc4c(-c4ccccc4)c4c(-c5ccc(-c6ccc(F)cc6)cc5)c5ccc(-c6ccc(F)cc6)cc5c(-c5ccccc5)c34)cc2)cc1. The van der Waals surface area contributed by atoms with Gasteiger partial charge in [-0.3, -0.25) is 0 Å². The van der Waals surface area contributed by atoms with Crippen LogP contribution in [0.15, 0.2) is 485 Å². The normalized spacial score (nSPS) is 11.4. The molecule has 0 unspecified atom stereocenters. The van der Waals surface area contributed by atoms with Crippen LogP contribution in [-0.2, 0) is 0 Å². The first kappa shape index (κ1) is 86.4. The summed E-state index contributed by atoms with van der Waals surface area (Å²) >= 11 is 0. The van der Waals surface area contributed by atoms with Gasteiger partial charge in [-0.1, -0.05) is 376 Å². The molecule has 0 atom stereocenters. The van der Waals surface area contributed by atoms with Gasteiger partial charge < -0.3 is 0 Å². The monoisotopic (exact) mass is 1820 g/mol. The lowest BCUT2D eigenvalue weighted by atomic mass is 9.76. The third-order valence-corrected chi connectivity index (χ3v) is 27.1. The molecule has 8 heteroatoms. The summed E-state index contributed by atoms with van der Waals surface area (Å²) in [7, 11) is 0. The minimum Gasteiger partial charge on any atom is -0.207 e. The molecule has 0 spiro atoms. The first-order chi connectivity index (χ1) is 68.7. The maximum atomic E-state index is 17.2. The van der Waals surface area contributed by atoms with Gasteiger partial charge in [0, 0.05) is 34.4 Å². The highest BCUT2D eigenvalue weighted by atomic mass is 19.2. The minimum absolute atomic E-state index is 0.181. The second-order valence-corrected chi connectivity index (χ2v) is 35.3. The lowest BCUT2D eigenvalue weighted by Gasteiger charge is -2.26. The van der Waals surface area contributed by atoms with Crippen molar-refractivity contribution in [2.75, 3.05) is 0 Å². The highest BCUT2D eigenvalue weighted by Crippen LogP contribution is 2.59. The molecule has 0 aliphatic carbocycles. The Morgan fingerprint density at radius 2 is 0.250 bits per heavy atom. The molecule has 0 aliphatic rings. The average Bonchev–Trinajstić information content (AvgIpc) is 0.694. The van der Waals surface area contributed by atoms with Crippen LogP contribution in [0.25, 0.3) is 243 Å². The van der Waals surface area contributed by atoms with Gasteiger partial charge in [-0.05, 0) is 317 Å². The molecule has 0 radical (unpaired) electrons. The quantitative estimate of drug-likeness (QED) is 0.0668. The molecule has 0 saturated carbocycles. The highest BCUT2D eigenvalue weighted by Gasteiger charge is 2.32. The van der Waals surface area contributed by atoms with E-state index in [-0.39, 0.29) is 34.4 Å². The van der Waals surface area contributed by atoms with Gasteiger partial charge in [-0.2, -0.15) is 0 Å². The maximum absolute atomic E-state index is 17.2. The molecule has 0 aromatic heterocycles. The largest absolute Gasteiger partial charge is 0.207 e. The molecule has 664 valence electrons. The van der Waals surface area contributed by atoms with E-state index in [1.54, 1.807) is 24.3 Å². The van der Waals surface area contributed by atoms with Crippen molar-refractivity contribution in [3.05, 3.63) is 532 Å². The predicted octanol–water partition coefficient (Wildman–Crippen LogP) is 38.1. The van der Waals surface area contributed by atoms with E-state index in [2.05, 4.69) is 243 Å². The Kier molecular flexibility index (Phi) is 22.7. The van der Waals surface area contributed by atoms with Crippen molar-refractivity contribution in [3.8, 4) is 178 Å². The average molecular weight is 1820 g/mol. The lowest BCUT2D eigenvalue weighted by Crippen LogP contribution is -2.00. The molecule has 0 heterocycles. The first-order valence-electron chi connectivity index (χ1n) is 46.5. The molecule has 0 fully saturated rings. The van der Waals surface area contributed by atoms with Gasteiger partial charge in [0.15, 0.2) is 0 Å². The number of fused-ring (bicyclic) bond motifs is 6. The summed E-state index contributed by atoms with van der Waals surface area (Å²) in [5.41, 5.74) is 28.0. The van der Waals surface area contributed by atoms with E-state index in [4.69, 9.17) is 0 Å². The molecular weight excluding hydrogens is 1740 g/mol. The Bertz CT molecular complexity index is 8330. The number of hydrogen-bond acceptors (Lipinski definition) is 0. The predicted molar refractivity (Wildman–Crippen MR) is 565 cm³/mol. The van der Waals surface area contributed by atoms with Crippen LogP contribution in [-0.4, -0.2) is 0 Å². The third kappa shape index (κ3) is 16.3. The van der Waals surface area contributed by atoms with E-state index in [0.717, 1.165) is 222 Å². The van der Waals surface area contributed by atoms with Gasteiger partial charge in [0.2, 0.25) is 0 Å². The van der Waals surface area contributed by atoms with Crippen molar-refractivity contribution in [2.45, 2.75) is 0 Å². The van der Waals surface area contributed by atoms with Gasteiger partial charge in [-0.25, -0.2) is 35.1 Å².